The van der Waals surface area contributed by atoms with Gasteiger partial charge in [0.05, 0.1) is 14.2 Å². The first-order chi connectivity index (χ1) is 12.3. The number of phenols is 1. The molecule has 138 valence electrons. The molecule has 0 bridgehead atoms. The third-order valence-electron chi connectivity index (χ3n) is 3.68. The van der Waals surface area contributed by atoms with Crippen LogP contribution in [-0.4, -0.2) is 37.3 Å². The Balaban J connectivity index is 2.04. The molecule has 0 radical (unpaired) electrons. The second-order valence-electron chi connectivity index (χ2n) is 5.63. The first-order valence-electron chi connectivity index (χ1n) is 7.89. The van der Waals surface area contributed by atoms with Crippen molar-refractivity contribution in [2.24, 2.45) is 0 Å². The van der Waals surface area contributed by atoms with Gasteiger partial charge >= 0.3 is 5.97 Å². The van der Waals surface area contributed by atoms with E-state index in [2.05, 4.69) is 5.32 Å². The van der Waals surface area contributed by atoms with Gasteiger partial charge in [-0.1, -0.05) is 6.07 Å². The number of hydrogen-bond donors (Lipinski definition) is 2. The van der Waals surface area contributed by atoms with Crippen LogP contribution in [0.15, 0.2) is 36.4 Å². The van der Waals surface area contributed by atoms with Crippen LogP contribution in [0.4, 0.5) is 5.69 Å². The molecular formula is C19H21NO6. The number of ether oxygens (including phenoxy) is 3. The quantitative estimate of drug-likeness (QED) is 0.770. The zero-order valence-electron chi connectivity index (χ0n) is 15.0. The Morgan fingerprint density at radius 2 is 1.73 bits per heavy atom. The van der Waals surface area contributed by atoms with Gasteiger partial charge in [0.1, 0.15) is 11.3 Å². The van der Waals surface area contributed by atoms with Gasteiger partial charge in [-0.15, -0.1) is 0 Å². The summed E-state index contributed by atoms with van der Waals surface area (Å²) in [6, 6.07) is 9.45. The minimum absolute atomic E-state index is 0.00127. The number of phenolic OH excluding ortho intramolecular Hbond substituents is 1. The summed E-state index contributed by atoms with van der Waals surface area (Å²) >= 11 is 0. The summed E-state index contributed by atoms with van der Waals surface area (Å²) in [6.07, 6.45) is -1.06. The number of esters is 1. The highest BCUT2D eigenvalue weighted by molar-refractivity contribution is 5.98. The maximum absolute atomic E-state index is 12.2. The van der Waals surface area contributed by atoms with Gasteiger partial charge in [-0.05, 0) is 43.7 Å². The van der Waals surface area contributed by atoms with Crippen molar-refractivity contribution in [2.45, 2.75) is 20.0 Å². The molecule has 0 aliphatic rings. The van der Waals surface area contributed by atoms with Gasteiger partial charge in [-0.2, -0.15) is 0 Å². The van der Waals surface area contributed by atoms with Crippen molar-refractivity contribution in [3.8, 4) is 17.2 Å². The van der Waals surface area contributed by atoms with E-state index in [9.17, 15) is 14.7 Å². The molecule has 0 saturated heterocycles. The highest BCUT2D eigenvalue weighted by atomic mass is 16.5. The summed E-state index contributed by atoms with van der Waals surface area (Å²) in [6.45, 7) is 3.23. The number of methoxy groups -OCH3 is 2. The molecule has 0 aromatic heterocycles. The smallest absolute Gasteiger partial charge is 0.342 e. The van der Waals surface area contributed by atoms with E-state index in [1.54, 1.807) is 31.2 Å². The third-order valence-corrected chi connectivity index (χ3v) is 3.68. The Kier molecular flexibility index (Phi) is 6.06. The molecular weight excluding hydrogens is 338 g/mol. The molecule has 0 heterocycles. The number of benzene rings is 2. The minimum atomic E-state index is -1.06. The third kappa shape index (κ3) is 4.44. The number of carbonyl (C=O) groups is 2. The van der Waals surface area contributed by atoms with E-state index in [0.29, 0.717) is 17.2 Å². The van der Waals surface area contributed by atoms with Crippen LogP contribution in [0.5, 0.6) is 17.2 Å². The van der Waals surface area contributed by atoms with Crippen molar-refractivity contribution in [2.75, 3.05) is 19.5 Å². The van der Waals surface area contributed by atoms with E-state index in [1.165, 1.54) is 33.3 Å². The van der Waals surface area contributed by atoms with Crippen LogP contribution in [0, 0.1) is 6.92 Å². The first kappa shape index (κ1) is 19.1. The molecule has 0 unspecified atom stereocenters. The fourth-order valence-electron chi connectivity index (χ4n) is 2.25. The highest BCUT2D eigenvalue weighted by Crippen LogP contribution is 2.29. The lowest BCUT2D eigenvalue weighted by Crippen LogP contribution is -2.30. The number of nitrogens with one attached hydrogen (secondary N) is 1. The Bertz CT molecular complexity index is 818. The molecule has 2 N–H and O–H groups in total. The zero-order chi connectivity index (χ0) is 19.3. The van der Waals surface area contributed by atoms with Crippen molar-refractivity contribution >= 4 is 17.6 Å². The van der Waals surface area contributed by atoms with Crippen LogP contribution in [0.1, 0.15) is 22.8 Å². The van der Waals surface area contributed by atoms with Gasteiger partial charge in [0.2, 0.25) is 0 Å². The molecule has 0 aliphatic carbocycles. The Morgan fingerprint density at radius 3 is 2.35 bits per heavy atom. The van der Waals surface area contributed by atoms with Crippen molar-refractivity contribution in [1.82, 2.24) is 0 Å². The monoisotopic (exact) mass is 359 g/mol. The molecule has 0 aliphatic heterocycles. The largest absolute Gasteiger partial charge is 0.507 e. The lowest BCUT2D eigenvalue weighted by Gasteiger charge is -2.15. The minimum Gasteiger partial charge on any atom is -0.507 e. The Labute approximate surface area is 151 Å². The lowest BCUT2D eigenvalue weighted by molar-refractivity contribution is -0.123. The number of carbonyl (C=O) groups excluding carboxylic acids is 2. The van der Waals surface area contributed by atoms with Gasteiger partial charge in [0.25, 0.3) is 5.91 Å². The van der Waals surface area contributed by atoms with Gasteiger partial charge in [0, 0.05) is 11.8 Å². The normalized spacial score (nSPS) is 11.4. The molecule has 7 nitrogen and oxygen atoms in total. The van der Waals surface area contributed by atoms with Gasteiger partial charge in [0.15, 0.2) is 17.6 Å². The summed E-state index contributed by atoms with van der Waals surface area (Å²) in [5.74, 6) is -0.503. The van der Waals surface area contributed by atoms with E-state index in [1.807, 2.05) is 0 Å². The van der Waals surface area contributed by atoms with Crippen molar-refractivity contribution < 1.29 is 28.9 Å². The second-order valence-corrected chi connectivity index (χ2v) is 5.63. The second kappa shape index (κ2) is 8.24. The number of aryl methyl sites for hydroxylation is 1. The van der Waals surface area contributed by atoms with E-state index in [4.69, 9.17) is 14.2 Å². The summed E-state index contributed by atoms with van der Waals surface area (Å²) in [5.41, 5.74) is 1.27. The fraction of sp³-hybridized carbons (Fsp3) is 0.263. The first-order valence-corrected chi connectivity index (χ1v) is 7.89. The molecule has 2 aromatic rings. The number of rotatable bonds is 6. The number of anilines is 1. The van der Waals surface area contributed by atoms with Crippen molar-refractivity contribution in [3.63, 3.8) is 0 Å². The van der Waals surface area contributed by atoms with Crippen LogP contribution in [0.2, 0.25) is 0 Å². The van der Waals surface area contributed by atoms with Crippen LogP contribution in [0.25, 0.3) is 0 Å². The number of aromatic hydroxyl groups is 1. The van der Waals surface area contributed by atoms with Crippen LogP contribution in [-0.2, 0) is 9.53 Å². The zero-order valence-corrected chi connectivity index (χ0v) is 15.0. The average molecular weight is 359 g/mol. The molecule has 26 heavy (non-hydrogen) atoms. The summed E-state index contributed by atoms with van der Waals surface area (Å²) in [5, 5.41) is 12.5. The average Bonchev–Trinajstić information content (AvgIpc) is 2.61. The molecule has 0 fully saturated rings. The van der Waals surface area contributed by atoms with Crippen LogP contribution < -0.4 is 14.8 Å². The summed E-state index contributed by atoms with van der Waals surface area (Å²) in [7, 11) is 3.00. The Morgan fingerprint density at radius 1 is 1.04 bits per heavy atom. The molecule has 2 aromatic carbocycles. The Hall–Kier alpha value is -3.22. The number of amides is 1. The summed E-state index contributed by atoms with van der Waals surface area (Å²) < 4.78 is 15.4. The SMILES string of the molecule is COc1ccc(NC(=O)[C@@H](C)OC(=O)c2ccc(C)cc2O)cc1OC. The predicted molar refractivity (Wildman–Crippen MR) is 95.9 cm³/mol. The van der Waals surface area contributed by atoms with Crippen LogP contribution in [0.3, 0.4) is 0 Å². The maximum Gasteiger partial charge on any atom is 0.342 e. The van der Waals surface area contributed by atoms with E-state index >= 15 is 0 Å². The maximum atomic E-state index is 12.2. The van der Waals surface area contributed by atoms with Gasteiger partial charge in [-0.25, -0.2) is 4.79 Å². The number of hydrogen-bond acceptors (Lipinski definition) is 6. The van der Waals surface area contributed by atoms with Gasteiger partial charge < -0.3 is 24.6 Å². The molecule has 2 rings (SSSR count). The van der Waals surface area contributed by atoms with E-state index in [-0.39, 0.29) is 11.3 Å². The fourth-order valence-corrected chi connectivity index (χ4v) is 2.25. The van der Waals surface area contributed by atoms with Crippen molar-refractivity contribution in [1.29, 1.82) is 0 Å². The molecule has 1 amide bonds. The topological polar surface area (TPSA) is 94.1 Å². The molecule has 7 heteroatoms. The molecule has 1 atom stereocenters. The van der Waals surface area contributed by atoms with E-state index in [0.717, 1.165) is 5.56 Å². The predicted octanol–water partition coefficient (Wildman–Crippen LogP) is 2.90. The van der Waals surface area contributed by atoms with Crippen molar-refractivity contribution in [3.05, 3.63) is 47.5 Å². The highest BCUT2D eigenvalue weighted by Gasteiger charge is 2.21. The van der Waals surface area contributed by atoms with Crippen LogP contribution >= 0.6 is 0 Å². The lowest BCUT2D eigenvalue weighted by atomic mass is 10.1. The van der Waals surface area contributed by atoms with E-state index < -0.39 is 18.0 Å². The summed E-state index contributed by atoms with van der Waals surface area (Å²) in [4.78, 5) is 24.4. The molecule has 0 saturated carbocycles. The standard InChI is InChI=1S/C19H21NO6/c1-11-5-7-14(15(21)9-11)19(23)26-12(2)18(22)20-13-6-8-16(24-3)17(10-13)25-4/h5-10,12,21H,1-4H3,(H,20,22)/t12-/m1/s1. The molecule has 0 spiro atoms. The van der Waals surface area contributed by atoms with Gasteiger partial charge in [-0.3, -0.25) is 4.79 Å².